The molecule has 7 heteroatoms. The lowest BCUT2D eigenvalue weighted by Gasteiger charge is -2.08. The Morgan fingerprint density at radius 2 is 1.84 bits per heavy atom. The van der Waals surface area contributed by atoms with Crippen molar-refractivity contribution in [2.45, 2.75) is 13.5 Å². The van der Waals surface area contributed by atoms with Crippen molar-refractivity contribution >= 4 is 54.9 Å². The Morgan fingerprint density at radius 1 is 1.09 bits per heavy atom. The molecule has 1 heterocycles. The number of para-hydroxylation sites is 1. The average Bonchev–Trinajstić information content (AvgIpc) is 3.11. The zero-order chi connectivity index (χ0) is 22.7. The molecule has 162 valence electrons. The van der Waals surface area contributed by atoms with Gasteiger partial charge in [0.2, 0.25) is 0 Å². The van der Waals surface area contributed by atoms with E-state index in [0.717, 1.165) is 23.0 Å². The first-order valence-corrected chi connectivity index (χ1v) is 11.5. The van der Waals surface area contributed by atoms with Gasteiger partial charge in [0.25, 0.3) is 5.91 Å². The van der Waals surface area contributed by atoms with Crippen molar-refractivity contribution in [1.29, 1.82) is 0 Å². The summed E-state index contributed by atoms with van der Waals surface area (Å²) >= 11 is 6.83. The number of nitrogens with zero attached hydrogens (tertiary/aromatic N) is 2. The number of amides is 1. The Labute approximate surface area is 203 Å². The number of fused-ring (bicyclic) bond motifs is 1. The second-order valence-electron chi connectivity index (χ2n) is 7.39. The zero-order valence-corrected chi connectivity index (χ0v) is 20.8. The van der Waals surface area contributed by atoms with E-state index in [2.05, 4.69) is 96.5 Å². The van der Waals surface area contributed by atoms with Crippen LogP contribution >= 0.6 is 31.9 Å². The minimum Gasteiger partial charge on any atom is -0.494 e. The molecular weight excluding hydrogens is 534 g/mol. The van der Waals surface area contributed by atoms with Crippen LogP contribution in [0.1, 0.15) is 27.0 Å². The van der Waals surface area contributed by atoms with Gasteiger partial charge in [0.1, 0.15) is 5.75 Å². The van der Waals surface area contributed by atoms with Crippen LogP contribution in [0, 0.1) is 6.92 Å². The fourth-order valence-electron chi connectivity index (χ4n) is 3.63. The monoisotopic (exact) mass is 553 g/mol. The number of aryl methyl sites for hydroxylation is 1. The fraction of sp³-hybridized carbons (Fsp3) is 0.120. The molecule has 1 N–H and O–H groups in total. The topological polar surface area (TPSA) is 55.6 Å². The van der Waals surface area contributed by atoms with Gasteiger partial charge in [-0.1, -0.05) is 48.0 Å². The van der Waals surface area contributed by atoms with Crippen LogP contribution in [0.4, 0.5) is 0 Å². The SMILES string of the molecule is COc1c(Br)cc(C(=O)N/N=C\c2cn(Cc3cccc(C)c3)c3ccccc23)cc1Br. The molecule has 0 fully saturated rings. The molecule has 1 aromatic heterocycles. The Bertz CT molecular complexity index is 1310. The second-order valence-corrected chi connectivity index (χ2v) is 9.10. The first-order chi connectivity index (χ1) is 15.5. The van der Waals surface area contributed by atoms with Crippen molar-refractivity contribution in [3.63, 3.8) is 0 Å². The van der Waals surface area contributed by atoms with Crippen molar-refractivity contribution in [2.24, 2.45) is 5.10 Å². The van der Waals surface area contributed by atoms with Gasteiger partial charge in [0.15, 0.2) is 0 Å². The summed E-state index contributed by atoms with van der Waals surface area (Å²) in [5, 5.41) is 5.28. The summed E-state index contributed by atoms with van der Waals surface area (Å²) in [6, 6.07) is 20.1. The summed E-state index contributed by atoms with van der Waals surface area (Å²) in [4.78, 5) is 12.6. The lowest BCUT2D eigenvalue weighted by Crippen LogP contribution is -2.17. The van der Waals surface area contributed by atoms with Crippen molar-refractivity contribution in [3.05, 3.63) is 98.1 Å². The number of hydrazone groups is 1. The number of nitrogens with one attached hydrogen (secondary N) is 1. The van der Waals surface area contributed by atoms with Crippen molar-refractivity contribution in [1.82, 2.24) is 9.99 Å². The van der Waals surface area contributed by atoms with Gasteiger partial charge in [-0.2, -0.15) is 5.10 Å². The van der Waals surface area contributed by atoms with Crippen molar-refractivity contribution in [2.75, 3.05) is 7.11 Å². The van der Waals surface area contributed by atoms with E-state index in [4.69, 9.17) is 4.74 Å². The van der Waals surface area contributed by atoms with Gasteiger partial charge >= 0.3 is 0 Å². The summed E-state index contributed by atoms with van der Waals surface area (Å²) < 4.78 is 8.85. The number of benzene rings is 3. The Hall–Kier alpha value is -2.90. The van der Waals surface area contributed by atoms with Gasteiger partial charge in [-0.25, -0.2) is 5.43 Å². The van der Waals surface area contributed by atoms with E-state index in [0.29, 0.717) is 20.3 Å². The average molecular weight is 555 g/mol. The number of methoxy groups -OCH3 is 1. The Kier molecular flexibility index (Phi) is 6.77. The predicted octanol–water partition coefficient (Wildman–Crippen LogP) is 6.30. The quantitative estimate of drug-likeness (QED) is 0.225. The maximum Gasteiger partial charge on any atom is 0.271 e. The number of aromatic nitrogens is 1. The molecule has 0 aliphatic carbocycles. The zero-order valence-electron chi connectivity index (χ0n) is 17.6. The Balaban J connectivity index is 1.56. The van der Waals surface area contributed by atoms with E-state index in [1.165, 1.54) is 11.1 Å². The van der Waals surface area contributed by atoms with Crippen LogP contribution < -0.4 is 10.2 Å². The molecule has 0 saturated heterocycles. The third kappa shape index (κ3) is 4.79. The number of carbonyl (C=O) groups excluding carboxylic acids is 1. The van der Waals surface area contributed by atoms with E-state index in [1.54, 1.807) is 25.5 Å². The molecule has 0 aliphatic rings. The van der Waals surface area contributed by atoms with E-state index < -0.39 is 0 Å². The lowest BCUT2D eigenvalue weighted by molar-refractivity contribution is 0.0955. The van der Waals surface area contributed by atoms with Gasteiger partial charge in [-0.15, -0.1) is 0 Å². The molecule has 5 nitrogen and oxygen atoms in total. The van der Waals surface area contributed by atoms with Crippen LogP contribution in [-0.4, -0.2) is 23.8 Å². The molecule has 4 rings (SSSR count). The third-order valence-corrected chi connectivity index (χ3v) is 6.27. The molecule has 0 radical (unpaired) electrons. The molecule has 32 heavy (non-hydrogen) atoms. The van der Waals surface area contributed by atoms with E-state index in [9.17, 15) is 4.79 Å². The highest BCUT2D eigenvalue weighted by Gasteiger charge is 2.13. The predicted molar refractivity (Wildman–Crippen MR) is 136 cm³/mol. The maximum atomic E-state index is 12.6. The summed E-state index contributed by atoms with van der Waals surface area (Å²) in [5.74, 6) is 0.320. The molecule has 0 unspecified atom stereocenters. The summed E-state index contributed by atoms with van der Waals surface area (Å²) in [5.41, 5.74) is 7.59. The first kappa shape index (κ1) is 22.3. The van der Waals surface area contributed by atoms with Gasteiger partial charge in [-0.05, 0) is 62.5 Å². The number of hydrogen-bond acceptors (Lipinski definition) is 3. The van der Waals surface area contributed by atoms with Crippen LogP contribution in [0.5, 0.6) is 5.75 Å². The number of halogens is 2. The van der Waals surface area contributed by atoms with Gasteiger partial charge < -0.3 is 9.30 Å². The maximum absolute atomic E-state index is 12.6. The Morgan fingerprint density at radius 3 is 2.56 bits per heavy atom. The van der Waals surface area contributed by atoms with Crippen LogP contribution in [-0.2, 0) is 6.54 Å². The molecule has 0 atom stereocenters. The fourth-order valence-corrected chi connectivity index (χ4v) is 5.14. The summed E-state index contributed by atoms with van der Waals surface area (Å²) in [7, 11) is 1.57. The highest BCUT2D eigenvalue weighted by Crippen LogP contribution is 2.34. The summed E-state index contributed by atoms with van der Waals surface area (Å²) in [6.07, 6.45) is 3.74. The highest BCUT2D eigenvalue weighted by atomic mass is 79.9. The number of ether oxygens (including phenoxy) is 1. The molecule has 0 saturated carbocycles. The normalized spacial score (nSPS) is 11.2. The summed E-state index contributed by atoms with van der Waals surface area (Å²) in [6.45, 7) is 2.86. The molecule has 4 aromatic rings. The van der Waals surface area contributed by atoms with Crippen LogP contribution in [0.15, 0.2) is 80.9 Å². The largest absolute Gasteiger partial charge is 0.494 e. The van der Waals surface area contributed by atoms with Crippen LogP contribution in [0.2, 0.25) is 0 Å². The molecule has 3 aromatic carbocycles. The smallest absolute Gasteiger partial charge is 0.271 e. The van der Waals surface area contributed by atoms with E-state index in [-0.39, 0.29) is 5.91 Å². The molecule has 0 spiro atoms. The van der Waals surface area contributed by atoms with Crippen LogP contribution in [0.3, 0.4) is 0 Å². The standard InChI is InChI=1S/C25H21Br2N3O2/c1-16-6-5-7-17(10-16)14-30-15-19(20-8-3-4-9-23(20)30)13-28-29-25(31)18-11-21(26)24(32-2)22(27)12-18/h3-13,15H,14H2,1-2H3,(H,29,31)/b28-13-. The second kappa shape index (κ2) is 9.71. The molecule has 0 aliphatic heterocycles. The van der Waals surface area contributed by atoms with E-state index >= 15 is 0 Å². The minimum absolute atomic E-state index is 0.311. The third-order valence-electron chi connectivity index (χ3n) is 5.09. The number of carbonyl (C=O) groups is 1. The van der Waals surface area contributed by atoms with E-state index in [1.807, 2.05) is 12.1 Å². The van der Waals surface area contributed by atoms with Crippen molar-refractivity contribution in [3.8, 4) is 5.75 Å². The molecule has 1 amide bonds. The van der Waals surface area contributed by atoms with Crippen LogP contribution in [0.25, 0.3) is 10.9 Å². The highest BCUT2D eigenvalue weighted by molar-refractivity contribution is 9.11. The molecular formula is C25H21Br2N3O2. The molecule has 0 bridgehead atoms. The number of hydrogen-bond donors (Lipinski definition) is 1. The lowest BCUT2D eigenvalue weighted by atomic mass is 10.1. The van der Waals surface area contributed by atoms with Gasteiger partial charge in [0.05, 0.1) is 22.3 Å². The van der Waals surface area contributed by atoms with Gasteiger partial charge in [-0.3, -0.25) is 4.79 Å². The first-order valence-electron chi connectivity index (χ1n) is 9.96. The minimum atomic E-state index is -0.311. The van der Waals surface area contributed by atoms with Crippen molar-refractivity contribution < 1.29 is 9.53 Å². The van der Waals surface area contributed by atoms with Gasteiger partial charge in [0, 0.05) is 34.8 Å². The number of rotatable bonds is 6.